The first-order valence-electron chi connectivity index (χ1n) is 14.3. The number of nitrogens with zero attached hydrogens (tertiary/aromatic N) is 6. The fourth-order valence-corrected chi connectivity index (χ4v) is 7.28. The molecule has 1 aromatic carbocycles. The molecular weight excluding hydrogens is 537 g/mol. The van der Waals surface area contributed by atoms with Gasteiger partial charge in [-0.05, 0) is 62.3 Å². The highest BCUT2D eigenvalue weighted by molar-refractivity contribution is 5.91. The third kappa shape index (κ3) is 5.31. The van der Waals surface area contributed by atoms with E-state index in [0.29, 0.717) is 55.1 Å². The Balaban J connectivity index is 1.09. The van der Waals surface area contributed by atoms with Gasteiger partial charge in [0, 0.05) is 45.3 Å². The smallest absolute Gasteiger partial charge is 0.377 e. The van der Waals surface area contributed by atoms with Crippen LogP contribution < -0.4 is 9.80 Å². The minimum Gasteiger partial charge on any atom is -0.377 e. The molecule has 3 saturated heterocycles. The molecule has 4 fully saturated rings. The quantitative estimate of drug-likeness (QED) is 0.537. The zero-order valence-corrected chi connectivity index (χ0v) is 23.7. The number of morpholine rings is 1. The summed E-state index contributed by atoms with van der Waals surface area (Å²) in [5.74, 6) is 0.440. The molecule has 222 valence electrons. The molecule has 2 aromatic rings. The van der Waals surface area contributed by atoms with Crippen LogP contribution in [0.15, 0.2) is 30.6 Å². The van der Waals surface area contributed by atoms with Gasteiger partial charge in [0.15, 0.2) is 0 Å². The van der Waals surface area contributed by atoms with Crippen molar-refractivity contribution in [2.45, 2.75) is 63.5 Å². The number of halogens is 3. The lowest BCUT2D eigenvalue weighted by molar-refractivity contribution is -0.138. The van der Waals surface area contributed by atoms with Crippen LogP contribution in [-0.4, -0.2) is 90.0 Å². The van der Waals surface area contributed by atoms with Crippen molar-refractivity contribution < 1.29 is 27.5 Å². The number of benzene rings is 1. The Morgan fingerprint density at radius 2 is 1.73 bits per heavy atom. The summed E-state index contributed by atoms with van der Waals surface area (Å²) in [5.41, 5.74) is 0.923. The summed E-state index contributed by atoms with van der Waals surface area (Å²) in [6.45, 7) is 3.98. The van der Waals surface area contributed by atoms with Gasteiger partial charge in [-0.1, -0.05) is 6.07 Å². The third-order valence-corrected chi connectivity index (χ3v) is 9.60. The second kappa shape index (κ2) is 10.6. The van der Waals surface area contributed by atoms with Gasteiger partial charge in [0.1, 0.15) is 0 Å². The Bertz CT molecular complexity index is 1280. The number of carbonyl (C=O) groups excluding carboxylic acids is 2. The van der Waals surface area contributed by atoms with E-state index in [1.54, 1.807) is 24.2 Å². The zero-order chi connectivity index (χ0) is 29.1. The normalized spacial score (nSPS) is 27.5. The molecule has 4 aliphatic rings. The first-order valence-corrected chi connectivity index (χ1v) is 14.3. The van der Waals surface area contributed by atoms with Crippen molar-refractivity contribution in [2.75, 3.05) is 50.2 Å². The predicted octanol–water partition coefficient (Wildman–Crippen LogP) is 4.06. The number of aromatic nitrogens is 2. The van der Waals surface area contributed by atoms with Crippen molar-refractivity contribution in [2.24, 2.45) is 11.8 Å². The summed E-state index contributed by atoms with van der Waals surface area (Å²) in [5, 5.41) is 4.15. The first-order chi connectivity index (χ1) is 19.5. The highest BCUT2D eigenvalue weighted by Gasteiger charge is 2.45. The van der Waals surface area contributed by atoms with Gasteiger partial charge in [0.25, 0.3) is 0 Å². The standard InChI is InChI=1S/C29H37F3N6O3/c1-18(39)35(3)26-11-33-37(15-26)28(40)36-13-20-8-25(9-21(20)14-36)34(2)12-19-4-5-22(10-27(19)29(30,31)32)38-23-6-7-24(38)17-41-16-23/h4-5,10-11,15,20-21,23-25H,6-9,12-14,16-17H2,1-3H3/t20-,21+,23?,24?,25+. The largest absolute Gasteiger partial charge is 0.416 e. The fraction of sp³-hybridized carbons (Fsp3) is 0.621. The second-order valence-corrected chi connectivity index (χ2v) is 12.1. The van der Waals surface area contributed by atoms with Crippen LogP contribution in [0.25, 0.3) is 0 Å². The van der Waals surface area contributed by atoms with Crippen LogP contribution >= 0.6 is 0 Å². The average molecular weight is 575 g/mol. The van der Waals surface area contributed by atoms with E-state index in [0.717, 1.165) is 25.7 Å². The number of likely N-dealkylation sites (tertiary alicyclic amines) is 1. The van der Waals surface area contributed by atoms with Gasteiger partial charge in [-0.25, -0.2) is 4.79 Å². The van der Waals surface area contributed by atoms with E-state index in [1.807, 2.05) is 18.0 Å². The number of hydrogen-bond donors (Lipinski definition) is 0. The summed E-state index contributed by atoms with van der Waals surface area (Å²) in [4.78, 5) is 32.1. The first kappa shape index (κ1) is 28.0. The molecule has 12 heteroatoms. The Hall–Kier alpha value is -3.12. The molecule has 2 amide bonds. The van der Waals surface area contributed by atoms with Gasteiger partial charge in [-0.15, -0.1) is 0 Å². The molecule has 1 saturated carbocycles. The van der Waals surface area contributed by atoms with E-state index in [-0.39, 0.29) is 36.6 Å². The number of rotatable bonds is 5. The molecule has 41 heavy (non-hydrogen) atoms. The van der Waals surface area contributed by atoms with Crippen LogP contribution in [0, 0.1) is 11.8 Å². The van der Waals surface area contributed by atoms with Crippen LogP contribution in [0.1, 0.15) is 43.7 Å². The maximum atomic E-state index is 14.2. The molecule has 0 spiro atoms. The summed E-state index contributed by atoms with van der Waals surface area (Å²) in [6.07, 6.45) is 2.18. The van der Waals surface area contributed by atoms with Crippen molar-refractivity contribution in [3.63, 3.8) is 0 Å². The van der Waals surface area contributed by atoms with Crippen LogP contribution in [0.5, 0.6) is 0 Å². The Morgan fingerprint density at radius 3 is 2.34 bits per heavy atom. The summed E-state index contributed by atoms with van der Waals surface area (Å²) in [6, 6.07) is 5.05. The maximum absolute atomic E-state index is 14.2. The SMILES string of the molecule is CC(=O)N(C)c1cnn(C(=O)N2C[C@H]3C[C@H](N(C)Cc4ccc(N5C6CCC5COC6)cc4C(F)(F)F)C[C@H]3C2)c1. The Labute approximate surface area is 237 Å². The number of anilines is 2. The van der Waals surface area contributed by atoms with Crippen LogP contribution in [0.3, 0.4) is 0 Å². The van der Waals surface area contributed by atoms with Crippen molar-refractivity contribution in [1.82, 2.24) is 19.6 Å². The lowest BCUT2D eigenvalue weighted by Crippen LogP contribution is -2.46. The summed E-state index contributed by atoms with van der Waals surface area (Å²) >= 11 is 0. The van der Waals surface area contributed by atoms with Gasteiger partial charge in [0.05, 0.1) is 48.9 Å². The maximum Gasteiger partial charge on any atom is 0.416 e. The summed E-state index contributed by atoms with van der Waals surface area (Å²) in [7, 11) is 3.53. The predicted molar refractivity (Wildman–Crippen MR) is 147 cm³/mol. The molecule has 1 aliphatic carbocycles. The van der Waals surface area contributed by atoms with Gasteiger partial charge >= 0.3 is 12.2 Å². The van der Waals surface area contributed by atoms with Crippen molar-refractivity contribution in [3.8, 4) is 0 Å². The van der Waals surface area contributed by atoms with Crippen LogP contribution in [0.4, 0.5) is 29.3 Å². The summed E-state index contributed by atoms with van der Waals surface area (Å²) < 4.78 is 49.6. The molecule has 9 nitrogen and oxygen atoms in total. The number of hydrogen-bond acceptors (Lipinski definition) is 6. The zero-order valence-electron chi connectivity index (χ0n) is 23.7. The molecule has 2 unspecified atom stereocenters. The van der Waals surface area contributed by atoms with Crippen molar-refractivity contribution in [3.05, 3.63) is 41.7 Å². The van der Waals surface area contributed by atoms with Gasteiger partial charge in [-0.3, -0.25) is 9.69 Å². The lowest BCUT2D eigenvalue weighted by Gasteiger charge is -2.37. The number of ether oxygens (including phenoxy) is 1. The monoisotopic (exact) mass is 574 g/mol. The number of carbonyl (C=O) groups is 2. The molecule has 4 heterocycles. The highest BCUT2D eigenvalue weighted by atomic mass is 19.4. The van der Waals surface area contributed by atoms with E-state index in [9.17, 15) is 22.8 Å². The third-order valence-electron chi connectivity index (χ3n) is 9.60. The molecule has 2 bridgehead atoms. The van der Waals surface area contributed by atoms with Crippen LogP contribution in [-0.2, 0) is 22.3 Å². The molecule has 0 radical (unpaired) electrons. The van der Waals surface area contributed by atoms with Crippen molar-refractivity contribution >= 4 is 23.3 Å². The van der Waals surface area contributed by atoms with Gasteiger partial charge in [-0.2, -0.15) is 23.0 Å². The molecule has 5 atom stereocenters. The van der Waals surface area contributed by atoms with E-state index in [1.165, 1.54) is 28.8 Å². The van der Waals surface area contributed by atoms with Crippen molar-refractivity contribution in [1.29, 1.82) is 0 Å². The fourth-order valence-electron chi connectivity index (χ4n) is 7.28. The van der Waals surface area contributed by atoms with E-state index in [2.05, 4.69) is 10.00 Å². The average Bonchev–Trinajstić information content (AvgIpc) is 3.69. The number of alkyl halides is 3. The Morgan fingerprint density at radius 1 is 1.07 bits per heavy atom. The van der Waals surface area contributed by atoms with E-state index >= 15 is 0 Å². The second-order valence-electron chi connectivity index (χ2n) is 12.1. The van der Waals surface area contributed by atoms with Gasteiger partial charge < -0.3 is 19.4 Å². The van der Waals surface area contributed by atoms with E-state index < -0.39 is 11.7 Å². The Kier molecular flexibility index (Phi) is 7.25. The topological polar surface area (TPSA) is 74.2 Å². The molecular formula is C29H37F3N6O3. The van der Waals surface area contributed by atoms with E-state index in [4.69, 9.17) is 4.74 Å². The minimum atomic E-state index is -4.43. The highest BCUT2D eigenvalue weighted by Crippen LogP contribution is 2.42. The lowest BCUT2D eigenvalue weighted by atomic mass is 10.0. The molecule has 0 N–H and O–H groups in total. The number of fused-ring (bicyclic) bond motifs is 3. The van der Waals surface area contributed by atoms with Gasteiger partial charge in [0.2, 0.25) is 5.91 Å². The number of amides is 2. The minimum absolute atomic E-state index is 0.143. The molecule has 6 rings (SSSR count). The molecule has 3 aliphatic heterocycles. The molecule has 1 aromatic heterocycles. The van der Waals surface area contributed by atoms with Crippen LogP contribution in [0.2, 0.25) is 0 Å².